The number of ether oxygens (including phenoxy) is 1. The van der Waals surface area contributed by atoms with Crippen molar-refractivity contribution in [3.63, 3.8) is 0 Å². The molecule has 3 atom stereocenters. The maximum Gasteiger partial charge on any atom is 0.306 e. The zero-order chi connectivity index (χ0) is 15.2. The van der Waals surface area contributed by atoms with E-state index in [1.165, 1.54) is 5.56 Å². The number of carboxylic acid groups (broad SMARTS) is 1. The molecule has 3 unspecified atom stereocenters. The smallest absolute Gasteiger partial charge is 0.306 e. The fourth-order valence-corrected chi connectivity index (χ4v) is 2.66. The van der Waals surface area contributed by atoms with Crippen LogP contribution in [0.1, 0.15) is 38.7 Å². The second-order valence-electron chi connectivity index (χ2n) is 6.03. The number of nitrogens with one attached hydrogen (secondary N) is 1. The standard InChI is InChI=1S/C17H25NO3/c1-12(17(19)20)6-5-7-13(2)18-11-15-10-14-8-3-4-9-16(14)21-15/h3-4,8-9,12-13,15,18H,5-7,10-11H2,1-2H3,(H,19,20). The third kappa shape index (κ3) is 4.74. The van der Waals surface area contributed by atoms with Crippen LogP contribution in [0.2, 0.25) is 0 Å². The molecule has 21 heavy (non-hydrogen) atoms. The summed E-state index contributed by atoms with van der Waals surface area (Å²) >= 11 is 0. The summed E-state index contributed by atoms with van der Waals surface area (Å²) in [7, 11) is 0. The first kappa shape index (κ1) is 15.8. The summed E-state index contributed by atoms with van der Waals surface area (Å²) in [6, 6.07) is 8.57. The molecule has 2 rings (SSSR count). The Hall–Kier alpha value is -1.55. The SMILES string of the molecule is CC(CCCC(C)C(=O)O)NCC1Cc2ccccc2O1. The number of aliphatic carboxylic acids is 1. The van der Waals surface area contributed by atoms with Gasteiger partial charge in [-0.2, -0.15) is 0 Å². The molecule has 0 bridgehead atoms. The topological polar surface area (TPSA) is 58.6 Å². The Morgan fingerprint density at radius 3 is 2.86 bits per heavy atom. The second-order valence-corrected chi connectivity index (χ2v) is 6.03. The zero-order valence-corrected chi connectivity index (χ0v) is 12.8. The van der Waals surface area contributed by atoms with Crippen molar-refractivity contribution in [2.75, 3.05) is 6.54 Å². The van der Waals surface area contributed by atoms with Gasteiger partial charge in [0.25, 0.3) is 0 Å². The van der Waals surface area contributed by atoms with Crippen LogP contribution in [0, 0.1) is 5.92 Å². The Kier molecular flexibility index (Phi) is 5.62. The normalized spacial score (nSPS) is 19.6. The Morgan fingerprint density at radius 1 is 1.38 bits per heavy atom. The van der Waals surface area contributed by atoms with E-state index in [0.717, 1.165) is 38.0 Å². The molecule has 0 aliphatic carbocycles. The summed E-state index contributed by atoms with van der Waals surface area (Å²) in [4.78, 5) is 10.8. The van der Waals surface area contributed by atoms with Crippen molar-refractivity contribution in [1.82, 2.24) is 5.32 Å². The predicted molar refractivity (Wildman–Crippen MR) is 82.7 cm³/mol. The number of carbonyl (C=O) groups is 1. The van der Waals surface area contributed by atoms with Crippen molar-refractivity contribution in [2.45, 2.75) is 51.7 Å². The van der Waals surface area contributed by atoms with Gasteiger partial charge in [-0.3, -0.25) is 4.79 Å². The third-order valence-corrected chi connectivity index (χ3v) is 4.10. The van der Waals surface area contributed by atoms with Crippen LogP contribution < -0.4 is 10.1 Å². The van der Waals surface area contributed by atoms with E-state index in [9.17, 15) is 4.79 Å². The quantitative estimate of drug-likeness (QED) is 0.773. The van der Waals surface area contributed by atoms with Crippen LogP contribution in [-0.2, 0) is 11.2 Å². The molecule has 1 aliphatic heterocycles. The molecule has 0 fully saturated rings. The molecule has 0 radical (unpaired) electrons. The van der Waals surface area contributed by atoms with E-state index in [-0.39, 0.29) is 12.0 Å². The highest BCUT2D eigenvalue weighted by molar-refractivity contribution is 5.69. The van der Waals surface area contributed by atoms with Gasteiger partial charge in [-0.25, -0.2) is 0 Å². The highest BCUT2D eigenvalue weighted by Crippen LogP contribution is 2.27. The predicted octanol–water partition coefficient (Wildman–Crippen LogP) is 2.86. The largest absolute Gasteiger partial charge is 0.488 e. The molecule has 4 nitrogen and oxygen atoms in total. The second kappa shape index (κ2) is 7.46. The van der Waals surface area contributed by atoms with E-state index < -0.39 is 5.97 Å². The number of fused-ring (bicyclic) bond motifs is 1. The fraction of sp³-hybridized carbons (Fsp3) is 0.588. The highest BCUT2D eigenvalue weighted by atomic mass is 16.5. The van der Waals surface area contributed by atoms with E-state index in [1.54, 1.807) is 6.92 Å². The van der Waals surface area contributed by atoms with Gasteiger partial charge in [0.05, 0.1) is 5.92 Å². The van der Waals surface area contributed by atoms with E-state index in [4.69, 9.17) is 9.84 Å². The van der Waals surface area contributed by atoms with Crippen molar-refractivity contribution in [3.05, 3.63) is 29.8 Å². The molecule has 0 saturated carbocycles. The molecule has 0 aromatic heterocycles. The maximum atomic E-state index is 10.8. The first-order valence-electron chi connectivity index (χ1n) is 7.77. The van der Waals surface area contributed by atoms with Gasteiger partial charge in [0.1, 0.15) is 11.9 Å². The van der Waals surface area contributed by atoms with Gasteiger partial charge >= 0.3 is 5.97 Å². The molecule has 2 N–H and O–H groups in total. The molecule has 1 heterocycles. The van der Waals surface area contributed by atoms with Gasteiger partial charge in [0.2, 0.25) is 0 Å². The van der Waals surface area contributed by atoms with Gasteiger partial charge in [-0.05, 0) is 31.4 Å². The molecule has 1 aromatic rings. The van der Waals surface area contributed by atoms with Crippen LogP contribution in [0.3, 0.4) is 0 Å². The minimum atomic E-state index is -0.701. The average Bonchev–Trinajstić information content (AvgIpc) is 2.87. The lowest BCUT2D eigenvalue weighted by atomic mass is 10.0. The first-order chi connectivity index (χ1) is 10.1. The molecule has 1 aliphatic rings. The Balaban J connectivity index is 1.62. The van der Waals surface area contributed by atoms with Crippen LogP contribution in [0.15, 0.2) is 24.3 Å². The van der Waals surface area contributed by atoms with Gasteiger partial charge in [0.15, 0.2) is 0 Å². The van der Waals surface area contributed by atoms with E-state index in [2.05, 4.69) is 18.3 Å². The summed E-state index contributed by atoms with van der Waals surface area (Å²) < 4.78 is 5.89. The monoisotopic (exact) mass is 291 g/mol. The van der Waals surface area contributed by atoms with Crippen LogP contribution in [-0.4, -0.2) is 29.8 Å². The van der Waals surface area contributed by atoms with Crippen LogP contribution in [0.5, 0.6) is 5.75 Å². The molecule has 1 aromatic carbocycles. The zero-order valence-electron chi connectivity index (χ0n) is 12.8. The summed E-state index contributed by atoms with van der Waals surface area (Å²) in [6.07, 6.45) is 3.85. The average molecular weight is 291 g/mol. The van der Waals surface area contributed by atoms with Crippen molar-refractivity contribution in [2.24, 2.45) is 5.92 Å². The minimum Gasteiger partial charge on any atom is -0.488 e. The number of carboxylic acids is 1. The molecular weight excluding hydrogens is 266 g/mol. The summed E-state index contributed by atoms with van der Waals surface area (Å²) in [5.74, 6) is 0.0600. The number of hydrogen-bond donors (Lipinski definition) is 2. The van der Waals surface area contributed by atoms with Crippen LogP contribution in [0.4, 0.5) is 0 Å². The van der Waals surface area contributed by atoms with Crippen molar-refractivity contribution in [3.8, 4) is 5.75 Å². The number of rotatable bonds is 8. The van der Waals surface area contributed by atoms with Crippen molar-refractivity contribution >= 4 is 5.97 Å². The third-order valence-electron chi connectivity index (χ3n) is 4.10. The van der Waals surface area contributed by atoms with Gasteiger partial charge < -0.3 is 15.2 Å². The Labute approximate surface area is 126 Å². The first-order valence-corrected chi connectivity index (χ1v) is 7.77. The Bertz CT molecular complexity index is 450. The summed E-state index contributed by atoms with van der Waals surface area (Å²) in [5.41, 5.74) is 1.28. The molecule has 0 amide bonds. The van der Waals surface area contributed by atoms with E-state index in [1.807, 2.05) is 18.2 Å². The molecule has 4 heteroatoms. The van der Waals surface area contributed by atoms with Crippen molar-refractivity contribution in [1.29, 1.82) is 0 Å². The lowest BCUT2D eigenvalue weighted by Gasteiger charge is -2.17. The Morgan fingerprint density at radius 2 is 2.14 bits per heavy atom. The summed E-state index contributed by atoms with van der Waals surface area (Å²) in [5, 5.41) is 12.3. The van der Waals surface area contributed by atoms with Gasteiger partial charge in [0, 0.05) is 19.0 Å². The van der Waals surface area contributed by atoms with Crippen molar-refractivity contribution < 1.29 is 14.6 Å². The summed E-state index contributed by atoms with van der Waals surface area (Å²) in [6.45, 7) is 4.75. The highest BCUT2D eigenvalue weighted by Gasteiger charge is 2.22. The lowest BCUT2D eigenvalue weighted by molar-refractivity contribution is -0.141. The fourth-order valence-electron chi connectivity index (χ4n) is 2.66. The lowest BCUT2D eigenvalue weighted by Crippen LogP contribution is -2.35. The van der Waals surface area contributed by atoms with Gasteiger partial charge in [-0.1, -0.05) is 31.5 Å². The molecular formula is C17H25NO3. The molecule has 0 spiro atoms. The molecule has 116 valence electrons. The number of hydrogen-bond acceptors (Lipinski definition) is 3. The number of benzene rings is 1. The minimum absolute atomic E-state index is 0.211. The van der Waals surface area contributed by atoms with Gasteiger partial charge in [-0.15, -0.1) is 0 Å². The maximum absolute atomic E-state index is 10.8. The number of para-hydroxylation sites is 1. The van der Waals surface area contributed by atoms with E-state index in [0.29, 0.717) is 6.04 Å². The van der Waals surface area contributed by atoms with Crippen LogP contribution >= 0.6 is 0 Å². The van der Waals surface area contributed by atoms with E-state index >= 15 is 0 Å². The molecule has 0 saturated heterocycles. The van der Waals surface area contributed by atoms with Crippen LogP contribution in [0.25, 0.3) is 0 Å².